The Morgan fingerprint density at radius 3 is 2.80 bits per heavy atom. The van der Waals surface area contributed by atoms with Gasteiger partial charge in [-0.2, -0.15) is 0 Å². The molecule has 3 rings (SSSR count). The van der Waals surface area contributed by atoms with Crippen LogP contribution in [0.5, 0.6) is 0 Å². The lowest BCUT2D eigenvalue weighted by atomic mass is 9.74. The number of halogens is 2. The van der Waals surface area contributed by atoms with Gasteiger partial charge in [-0.3, -0.25) is 0 Å². The molecule has 2 nitrogen and oxygen atoms in total. The van der Waals surface area contributed by atoms with Crippen LogP contribution in [0.3, 0.4) is 0 Å². The number of hydrogen-bond acceptors (Lipinski definition) is 2. The quantitative estimate of drug-likeness (QED) is 0.784. The second kappa shape index (κ2) is 6.35. The Bertz CT molecular complexity index is 474. The summed E-state index contributed by atoms with van der Waals surface area (Å²) in [4.78, 5) is 0. The van der Waals surface area contributed by atoms with Crippen molar-refractivity contribution in [2.24, 2.45) is 5.41 Å². The van der Waals surface area contributed by atoms with Crippen LogP contribution >= 0.6 is 27.5 Å². The monoisotopic (exact) mass is 357 g/mol. The highest BCUT2D eigenvalue weighted by molar-refractivity contribution is 9.10. The standard InChI is InChI=1S/C16H21BrClNO/c17-12-4-5-13(14(18)8-12)15-9-19-10-16(11-20-15)6-2-1-3-7-16/h4-5,8,15,19H,1-3,6-7,9-11H2. The van der Waals surface area contributed by atoms with Gasteiger partial charge in [-0.15, -0.1) is 0 Å². The second-order valence-corrected chi connectivity index (χ2v) is 7.48. The molecule has 1 aliphatic heterocycles. The Hall–Kier alpha value is -0.0900. The second-order valence-electron chi connectivity index (χ2n) is 6.16. The Morgan fingerprint density at radius 1 is 1.25 bits per heavy atom. The number of hydrogen-bond donors (Lipinski definition) is 1. The van der Waals surface area contributed by atoms with Crippen LogP contribution in [-0.4, -0.2) is 19.7 Å². The Labute approximate surface area is 134 Å². The van der Waals surface area contributed by atoms with Crippen molar-refractivity contribution in [1.29, 1.82) is 0 Å². The van der Waals surface area contributed by atoms with Gasteiger partial charge in [0.25, 0.3) is 0 Å². The van der Waals surface area contributed by atoms with E-state index in [-0.39, 0.29) is 6.10 Å². The summed E-state index contributed by atoms with van der Waals surface area (Å²) in [7, 11) is 0. The molecule has 0 amide bonds. The third-order valence-corrected chi connectivity index (χ3v) is 5.46. The first-order chi connectivity index (χ1) is 9.69. The summed E-state index contributed by atoms with van der Waals surface area (Å²) in [6, 6.07) is 6.05. The maximum Gasteiger partial charge on any atom is 0.0963 e. The molecule has 1 saturated carbocycles. The summed E-state index contributed by atoms with van der Waals surface area (Å²) >= 11 is 9.81. The average Bonchev–Trinajstić information content (AvgIpc) is 2.63. The number of nitrogens with one attached hydrogen (secondary N) is 1. The normalized spacial score (nSPS) is 26.4. The molecule has 1 spiro atoms. The molecule has 1 heterocycles. The van der Waals surface area contributed by atoms with Gasteiger partial charge >= 0.3 is 0 Å². The van der Waals surface area contributed by atoms with Crippen LogP contribution < -0.4 is 5.32 Å². The van der Waals surface area contributed by atoms with Gasteiger partial charge in [0, 0.05) is 33.6 Å². The third-order valence-electron chi connectivity index (χ3n) is 4.64. The first-order valence-electron chi connectivity index (χ1n) is 7.46. The van der Waals surface area contributed by atoms with Crippen molar-refractivity contribution in [2.75, 3.05) is 19.7 Å². The lowest BCUT2D eigenvalue weighted by molar-refractivity contribution is -0.00137. The van der Waals surface area contributed by atoms with Crippen molar-refractivity contribution in [3.8, 4) is 0 Å². The predicted molar refractivity (Wildman–Crippen MR) is 86.2 cm³/mol. The average molecular weight is 359 g/mol. The lowest BCUT2D eigenvalue weighted by Gasteiger charge is -2.35. The molecule has 1 aliphatic carbocycles. The zero-order valence-corrected chi connectivity index (χ0v) is 14.0. The van der Waals surface area contributed by atoms with E-state index >= 15 is 0 Å². The maximum atomic E-state index is 6.36. The minimum absolute atomic E-state index is 0.0666. The molecule has 2 fully saturated rings. The molecule has 1 atom stereocenters. The largest absolute Gasteiger partial charge is 0.372 e. The van der Waals surface area contributed by atoms with E-state index in [1.54, 1.807) is 0 Å². The van der Waals surface area contributed by atoms with Crippen LogP contribution in [0, 0.1) is 5.41 Å². The van der Waals surface area contributed by atoms with E-state index in [4.69, 9.17) is 16.3 Å². The van der Waals surface area contributed by atoms with E-state index in [2.05, 4.69) is 27.3 Å². The van der Waals surface area contributed by atoms with Crippen LogP contribution in [0.1, 0.15) is 43.8 Å². The summed E-state index contributed by atoms with van der Waals surface area (Å²) in [5.74, 6) is 0. The van der Waals surface area contributed by atoms with Crippen molar-refractivity contribution in [3.05, 3.63) is 33.3 Å². The smallest absolute Gasteiger partial charge is 0.0963 e. The summed E-state index contributed by atoms with van der Waals surface area (Å²) in [6.45, 7) is 2.79. The van der Waals surface area contributed by atoms with Crippen LogP contribution in [0.15, 0.2) is 22.7 Å². The first kappa shape index (κ1) is 14.8. The fourth-order valence-corrected chi connectivity index (χ4v) is 4.24. The molecule has 0 bridgehead atoms. The zero-order valence-electron chi connectivity index (χ0n) is 11.6. The van der Waals surface area contributed by atoms with E-state index in [0.29, 0.717) is 5.41 Å². The summed E-state index contributed by atoms with van der Waals surface area (Å²) in [5.41, 5.74) is 1.45. The molecule has 1 unspecified atom stereocenters. The number of ether oxygens (including phenoxy) is 1. The van der Waals surface area contributed by atoms with Crippen molar-refractivity contribution in [3.63, 3.8) is 0 Å². The number of benzene rings is 1. The Morgan fingerprint density at radius 2 is 2.05 bits per heavy atom. The molecule has 0 radical (unpaired) electrons. The van der Waals surface area contributed by atoms with Gasteiger partial charge in [0.2, 0.25) is 0 Å². The van der Waals surface area contributed by atoms with E-state index in [9.17, 15) is 0 Å². The molecule has 2 aliphatic rings. The highest BCUT2D eigenvalue weighted by Gasteiger charge is 2.35. The summed E-state index contributed by atoms with van der Waals surface area (Å²) in [5, 5.41) is 4.39. The molecule has 20 heavy (non-hydrogen) atoms. The Balaban J connectivity index is 1.73. The van der Waals surface area contributed by atoms with Gasteiger partial charge in [-0.1, -0.05) is 52.9 Å². The van der Waals surface area contributed by atoms with E-state index in [1.807, 2.05) is 12.1 Å². The molecule has 1 saturated heterocycles. The summed E-state index contributed by atoms with van der Waals surface area (Å²) in [6.07, 6.45) is 6.71. The lowest BCUT2D eigenvalue weighted by Crippen LogP contribution is -2.37. The molecular weight excluding hydrogens is 338 g/mol. The van der Waals surface area contributed by atoms with Crippen molar-refractivity contribution < 1.29 is 4.74 Å². The molecule has 4 heteroatoms. The van der Waals surface area contributed by atoms with Gasteiger partial charge in [0.15, 0.2) is 0 Å². The maximum absolute atomic E-state index is 6.36. The van der Waals surface area contributed by atoms with Crippen molar-refractivity contribution in [1.82, 2.24) is 5.32 Å². The van der Waals surface area contributed by atoms with Gasteiger partial charge in [0.1, 0.15) is 0 Å². The van der Waals surface area contributed by atoms with Crippen molar-refractivity contribution in [2.45, 2.75) is 38.2 Å². The molecule has 1 aromatic carbocycles. The molecular formula is C16H21BrClNO. The number of rotatable bonds is 1. The highest BCUT2D eigenvalue weighted by atomic mass is 79.9. The van der Waals surface area contributed by atoms with E-state index in [1.165, 1.54) is 32.1 Å². The van der Waals surface area contributed by atoms with Gasteiger partial charge in [-0.05, 0) is 25.0 Å². The Kier molecular flexibility index (Phi) is 4.71. The third kappa shape index (κ3) is 3.22. The SMILES string of the molecule is Clc1cc(Br)ccc1C1CNCC2(CCCCC2)CO1. The van der Waals surface area contributed by atoms with Gasteiger partial charge in [-0.25, -0.2) is 0 Å². The fourth-order valence-electron chi connectivity index (χ4n) is 3.44. The van der Waals surface area contributed by atoms with Crippen LogP contribution in [0.4, 0.5) is 0 Å². The van der Waals surface area contributed by atoms with Crippen LogP contribution in [-0.2, 0) is 4.74 Å². The molecule has 110 valence electrons. The fraction of sp³-hybridized carbons (Fsp3) is 0.625. The topological polar surface area (TPSA) is 21.3 Å². The highest BCUT2D eigenvalue weighted by Crippen LogP contribution is 2.39. The van der Waals surface area contributed by atoms with Gasteiger partial charge < -0.3 is 10.1 Å². The zero-order chi connectivity index (χ0) is 14.0. The van der Waals surface area contributed by atoms with Crippen LogP contribution in [0.25, 0.3) is 0 Å². The molecule has 1 aromatic rings. The minimum Gasteiger partial charge on any atom is -0.372 e. The van der Waals surface area contributed by atoms with E-state index in [0.717, 1.165) is 34.8 Å². The van der Waals surface area contributed by atoms with Gasteiger partial charge in [0.05, 0.1) is 12.7 Å². The van der Waals surface area contributed by atoms with E-state index < -0.39 is 0 Å². The van der Waals surface area contributed by atoms with Crippen molar-refractivity contribution >= 4 is 27.5 Å². The van der Waals surface area contributed by atoms with Crippen LogP contribution in [0.2, 0.25) is 5.02 Å². The summed E-state index contributed by atoms with van der Waals surface area (Å²) < 4.78 is 7.25. The minimum atomic E-state index is 0.0666. The molecule has 1 N–H and O–H groups in total. The first-order valence-corrected chi connectivity index (χ1v) is 8.63. The predicted octanol–water partition coefficient (Wildman–Crippen LogP) is 4.71. The molecule has 0 aromatic heterocycles.